The second kappa shape index (κ2) is 7.31. The van der Waals surface area contributed by atoms with Crippen LogP contribution < -0.4 is 4.90 Å². The minimum absolute atomic E-state index is 0.0678. The topological polar surface area (TPSA) is 37.4 Å². The Bertz CT molecular complexity index is 983. The molecule has 3 nitrogen and oxygen atoms in total. The molecule has 4 rings (SSSR count). The molecule has 2 aromatic carbocycles. The van der Waals surface area contributed by atoms with Crippen LogP contribution in [0.15, 0.2) is 53.7 Å². The highest BCUT2D eigenvalue weighted by molar-refractivity contribution is 6.35. The number of carbonyl (C=O) groups is 2. The lowest BCUT2D eigenvalue weighted by molar-refractivity contribution is -0.119. The molecule has 0 radical (unpaired) electrons. The summed E-state index contributed by atoms with van der Waals surface area (Å²) in [5, 5.41) is 1.55. The van der Waals surface area contributed by atoms with Crippen molar-refractivity contribution in [2.45, 2.75) is 31.6 Å². The maximum absolute atomic E-state index is 13.1. The number of carbonyl (C=O) groups excluding carboxylic acids is 2. The number of halogens is 3. The number of ketones is 1. The molecule has 0 bridgehead atoms. The Labute approximate surface area is 172 Å². The molecule has 0 fully saturated rings. The van der Waals surface area contributed by atoms with E-state index in [0.717, 1.165) is 17.7 Å². The average Bonchev–Trinajstić information content (AvgIpc) is 2.61. The monoisotopic (exact) mass is 419 g/mol. The van der Waals surface area contributed by atoms with Gasteiger partial charge in [-0.1, -0.05) is 46.9 Å². The van der Waals surface area contributed by atoms with Gasteiger partial charge in [-0.2, -0.15) is 0 Å². The smallest absolute Gasteiger partial charge is 0.232 e. The Morgan fingerprint density at radius 3 is 2.44 bits per heavy atom. The van der Waals surface area contributed by atoms with E-state index in [4.69, 9.17) is 34.8 Å². The van der Waals surface area contributed by atoms with Crippen LogP contribution in [0.2, 0.25) is 15.1 Å². The molecule has 1 heterocycles. The molecule has 1 atom stereocenters. The van der Waals surface area contributed by atoms with Crippen LogP contribution in [0.3, 0.4) is 0 Å². The Hall–Kier alpha value is -1.81. The minimum Gasteiger partial charge on any atom is -0.294 e. The lowest BCUT2D eigenvalue weighted by Crippen LogP contribution is -2.40. The van der Waals surface area contributed by atoms with Crippen molar-refractivity contribution in [2.75, 3.05) is 4.90 Å². The van der Waals surface area contributed by atoms with Crippen molar-refractivity contribution in [1.82, 2.24) is 0 Å². The Morgan fingerprint density at radius 1 is 0.926 bits per heavy atom. The van der Waals surface area contributed by atoms with Crippen LogP contribution in [0.5, 0.6) is 0 Å². The molecule has 0 saturated carbocycles. The number of hydrogen-bond acceptors (Lipinski definition) is 2. The number of rotatable bonds is 2. The second-order valence-corrected chi connectivity index (χ2v) is 8.05. The zero-order chi connectivity index (χ0) is 19.1. The van der Waals surface area contributed by atoms with Crippen molar-refractivity contribution >= 4 is 52.2 Å². The van der Waals surface area contributed by atoms with Crippen LogP contribution in [0.25, 0.3) is 0 Å². The summed E-state index contributed by atoms with van der Waals surface area (Å²) in [6, 6.07) is 12.4. The summed E-state index contributed by atoms with van der Waals surface area (Å²) in [6.07, 6.45) is 2.06. The lowest BCUT2D eigenvalue weighted by Gasteiger charge is -2.38. The summed E-state index contributed by atoms with van der Waals surface area (Å²) < 4.78 is 0. The first kappa shape index (κ1) is 18.5. The van der Waals surface area contributed by atoms with Gasteiger partial charge < -0.3 is 0 Å². The van der Waals surface area contributed by atoms with Gasteiger partial charge in [-0.15, -0.1) is 0 Å². The maximum atomic E-state index is 13.1. The molecule has 6 heteroatoms. The standard InChI is InChI=1S/C21H16Cl3NO2/c22-12-3-1-4-14(9-12)25-18-5-2-6-19(26)21(18)16(11-20(25)27)15-8-7-13(23)10-17(15)24/h1,3-4,7-10,16H,2,5-6,11H2. The molecule has 1 unspecified atom stereocenters. The number of allylic oxidation sites excluding steroid dienone is 2. The summed E-state index contributed by atoms with van der Waals surface area (Å²) in [6.45, 7) is 0. The van der Waals surface area contributed by atoms with E-state index in [9.17, 15) is 9.59 Å². The fraction of sp³-hybridized carbons (Fsp3) is 0.238. The highest BCUT2D eigenvalue weighted by Gasteiger charge is 2.40. The van der Waals surface area contributed by atoms with Crippen LogP contribution in [0.4, 0.5) is 5.69 Å². The zero-order valence-corrected chi connectivity index (χ0v) is 16.6. The molecular formula is C21H16Cl3NO2. The van der Waals surface area contributed by atoms with Crippen LogP contribution in [-0.2, 0) is 9.59 Å². The molecule has 2 aliphatic rings. The lowest BCUT2D eigenvalue weighted by atomic mass is 9.77. The van der Waals surface area contributed by atoms with Gasteiger partial charge in [-0.3, -0.25) is 14.5 Å². The first-order chi connectivity index (χ1) is 13.0. The second-order valence-electron chi connectivity index (χ2n) is 6.77. The number of amides is 1. The highest BCUT2D eigenvalue weighted by Crippen LogP contribution is 2.45. The normalized spacial score (nSPS) is 20.1. The van der Waals surface area contributed by atoms with Crippen molar-refractivity contribution in [3.8, 4) is 0 Å². The van der Waals surface area contributed by atoms with Crippen LogP contribution in [0.1, 0.15) is 37.2 Å². The number of benzene rings is 2. The zero-order valence-electron chi connectivity index (χ0n) is 14.3. The van der Waals surface area contributed by atoms with Gasteiger partial charge in [-0.25, -0.2) is 0 Å². The fourth-order valence-corrected chi connectivity index (χ4v) is 4.68. The van der Waals surface area contributed by atoms with Gasteiger partial charge in [0, 0.05) is 45.1 Å². The van der Waals surface area contributed by atoms with E-state index in [-0.39, 0.29) is 24.0 Å². The molecular weight excluding hydrogens is 405 g/mol. The predicted octanol–water partition coefficient (Wildman–Crippen LogP) is 6.17. The molecule has 0 spiro atoms. The number of Topliss-reactive ketones (excluding diaryl/α,β-unsaturated/α-hetero) is 1. The predicted molar refractivity (Wildman–Crippen MR) is 109 cm³/mol. The summed E-state index contributed by atoms with van der Waals surface area (Å²) in [7, 11) is 0. The van der Waals surface area contributed by atoms with Gasteiger partial charge in [0.2, 0.25) is 5.91 Å². The molecule has 2 aromatic rings. The average molecular weight is 421 g/mol. The van der Waals surface area contributed by atoms with E-state index < -0.39 is 0 Å². The first-order valence-corrected chi connectivity index (χ1v) is 9.89. The summed E-state index contributed by atoms with van der Waals surface area (Å²) >= 11 is 18.5. The maximum Gasteiger partial charge on any atom is 0.232 e. The molecule has 27 heavy (non-hydrogen) atoms. The van der Waals surface area contributed by atoms with Crippen LogP contribution in [0, 0.1) is 0 Å². The quantitative estimate of drug-likeness (QED) is 0.582. The third kappa shape index (κ3) is 3.40. The molecule has 138 valence electrons. The fourth-order valence-electron chi connectivity index (χ4n) is 3.96. The molecule has 0 N–H and O–H groups in total. The van der Waals surface area contributed by atoms with Crippen LogP contribution in [-0.4, -0.2) is 11.7 Å². The number of hydrogen-bond donors (Lipinski definition) is 0. The summed E-state index contributed by atoms with van der Waals surface area (Å²) in [4.78, 5) is 27.6. The van der Waals surface area contributed by atoms with E-state index >= 15 is 0 Å². The van der Waals surface area contributed by atoms with Gasteiger partial charge in [-0.05, 0) is 48.7 Å². The molecule has 1 aliphatic heterocycles. The van der Waals surface area contributed by atoms with E-state index in [0.29, 0.717) is 39.2 Å². The van der Waals surface area contributed by atoms with E-state index in [1.165, 1.54) is 0 Å². The third-order valence-corrected chi connectivity index (χ3v) is 5.88. The minimum atomic E-state index is -0.347. The third-order valence-electron chi connectivity index (χ3n) is 5.08. The van der Waals surface area contributed by atoms with Gasteiger partial charge in [0.1, 0.15) is 0 Å². The molecule has 0 saturated heterocycles. The van der Waals surface area contributed by atoms with Crippen molar-refractivity contribution < 1.29 is 9.59 Å². The Kier molecular flexibility index (Phi) is 5.02. The summed E-state index contributed by atoms with van der Waals surface area (Å²) in [5.41, 5.74) is 2.91. The number of nitrogens with zero attached hydrogens (tertiary/aromatic N) is 1. The van der Waals surface area contributed by atoms with Crippen molar-refractivity contribution in [3.05, 3.63) is 74.4 Å². The van der Waals surface area contributed by atoms with E-state index in [2.05, 4.69) is 0 Å². The van der Waals surface area contributed by atoms with Gasteiger partial charge >= 0.3 is 0 Å². The van der Waals surface area contributed by atoms with Crippen molar-refractivity contribution in [3.63, 3.8) is 0 Å². The van der Waals surface area contributed by atoms with Gasteiger partial charge in [0.05, 0.1) is 5.69 Å². The van der Waals surface area contributed by atoms with Crippen molar-refractivity contribution in [2.24, 2.45) is 0 Å². The van der Waals surface area contributed by atoms with Gasteiger partial charge in [0.25, 0.3) is 0 Å². The summed E-state index contributed by atoms with van der Waals surface area (Å²) in [5.74, 6) is -0.339. The van der Waals surface area contributed by atoms with Gasteiger partial charge in [0.15, 0.2) is 5.78 Å². The van der Waals surface area contributed by atoms with Crippen molar-refractivity contribution in [1.29, 1.82) is 0 Å². The first-order valence-electron chi connectivity index (χ1n) is 8.75. The SMILES string of the molecule is O=C1CCCC2=C1C(c1ccc(Cl)cc1Cl)CC(=O)N2c1cccc(Cl)c1. The van der Waals surface area contributed by atoms with Crippen LogP contribution >= 0.6 is 34.8 Å². The molecule has 1 aliphatic carbocycles. The van der Waals surface area contributed by atoms with E-state index in [1.54, 1.807) is 35.2 Å². The largest absolute Gasteiger partial charge is 0.294 e. The Balaban J connectivity index is 1.88. The van der Waals surface area contributed by atoms with E-state index in [1.807, 2.05) is 12.1 Å². The molecule has 0 aromatic heterocycles. The number of anilines is 1. The Morgan fingerprint density at radius 2 is 1.70 bits per heavy atom. The highest BCUT2D eigenvalue weighted by atomic mass is 35.5. The molecule has 1 amide bonds.